The van der Waals surface area contributed by atoms with Crippen molar-refractivity contribution in [3.63, 3.8) is 0 Å². The van der Waals surface area contributed by atoms with Crippen molar-refractivity contribution in [1.82, 2.24) is 9.88 Å². The molecule has 0 aliphatic rings. The minimum Gasteiger partial charge on any atom is -0.339 e. The van der Waals surface area contributed by atoms with Crippen molar-refractivity contribution in [2.45, 2.75) is 20.8 Å². The van der Waals surface area contributed by atoms with Crippen LogP contribution in [0.4, 0.5) is 0 Å². The maximum Gasteiger partial charge on any atom is 0.253 e. The van der Waals surface area contributed by atoms with Crippen LogP contribution in [0.15, 0.2) is 42.5 Å². The van der Waals surface area contributed by atoms with Crippen molar-refractivity contribution >= 4 is 18.1 Å². The van der Waals surface area contributed by atoms with E-state index in [4.69, 9.17) is 0 Å². The molecule has 2 aromatic rings. The summed E-state index contributed by atoms with van der Waals surface area (Å²) >= 11 is 0. The minimum absolute atomic E-state index is 0.0841. The number of nitrogens with zero attached hydrogens (tertiary/aromatic N) is 2. The summed E-state index contributed by atoms with van der Waals surface area (Å²) in [5.41, 5.74) is 3.72. The summed E-state index contributed by atoms with van der Waals surface area (Å²) in [5, 5.41) is 0. The standard InChI is InChI=1S/C19H22N2O/c1-4-21(5-2)19(22)17-12-9-16(10-13-17)11-14-18-8-6-7-15(3)20-18/h6-14H,4-5H2,1-3H3. The summed E-state index contributed by atoms with van der Waals surface area (Å²) in [6.45, 7) is 7.43. The third-order valence-corrected chi connectivity index (χ3v) is 3.56. The van der Waals surface area contributed by atoms with Gasteiger partial charge in [-0.1, -0.05) is 24.3 Å². The molecule has 1 amide bonds. The Kier molecular flexibility index (Phi) is 5.48. The summed E-state index contributed by atoms with van der Waals surface area (Å²) in [7, 11) is 0. The fraction of sp³-hybridized carbons (Fsp3) is 0.263. The van der Waals surface area contributed by atoms with Crippen molar-refractivity contribution < 1.29 is 4.79 Å². The van der Waals surface area contributed by atoms with Gasteiger partial charge in [-0.2, -0.15) is 0 Å². The summed E-state index contributed by atoms with van der Waals surface area (Å²) in [5.74, 6) is 0.0841. The van der Waals surface area contributed by atoms with Gasteiger partial charge in [-0.3, -0.25) is 9.78 Å². The van der Waals surface area contributed by atoms with Crippen LogP contribution in [0, 0.1) is 6.92 Å². The van der Waals surface area contributed by atoms with Gasteiger partial charge < -0.3 is 4.90 Å². The first-order valence-electron chi connectivity index (χ1n) is 7.65. The van der Waals surface area contributed by atoms with Gasteiger partial charge in [0.05, 0.1) is 5.69 Å². The maximum atomic E-state index is 12.2. The van der Waals surface area contributed by atoms with Crippen LogP contribution in [0.5, 0.6) is 0 Å². The molecule has 1 heterocycles. The molecule has 0 aliphatic carbocycles. The Morgan fingerprint density at radius 3 is 2.32 bits per heavy atom. The van der Waals surface area contributed by atoms with E-state index in [-0.39, 0.29) is 5.91 Å². The van der Waals surface area contributed by atoms with Crippen LogP contribution in [-0.4, -0.2) is 28.9 Å². The zero-order valence-corrected chi connectivity index (χ0v) is 13.4. The normalized spacial score (nSPS) is 10.9. The predicted octanol–water partition coefficient (Wildman–Crippen LogP) is 4.04. The highest BCUT2D eigenvalue weighted by Gasteiger charge is 2.11. The van der Waals surface area contributed by atoms with Crippen LogP contribution < -0.4 is 0 Å². The Balaban J connectivity index is 2.10. The molecule has 114 valence electrons. The number of amides is 1. The van der Waals surface area contributed by atoms with Crippen LogP contribution in [0.3, 0.4) is 0 Å². The largest absolute Gasteiger partial charge is 0.339 e. The molecule has 0 N–H and O–H groups in total. The molecule has 0 radical (unpaired) electrons. The summed E-state index contributed by atoms with van der Waals surface area (Å²) in [6, 6.07) is 13.6. The van der Waals surface area contributed by atoms with E-state index in [9.17, 15) is 4.79 Å². The Morgan fingerprint density at radius 2 is 1.73 bits per heavy atom. The molecule has 0 saturated carbocycles. The molecule has 1 aromatic heterocycles. The number of benzene rings is 1. The van der Waals surface area contributed by atoms with Crippen molar-refractivity contribution in [2.75, 3.05) is 13.1 Å². The average Bonchev–Trinajstić information content (AvgIpc) is 2.54. The lowest BCUT2D eigenvalue weighted by atomic mass is 10.1. The van der Waals surface area contributed by atoms with Crippen molar-refractivity contribution in [3.05, 3.63) is 65.0 Å². The Morgan fingerprint density at radius 1 is 1.05 bits per heavy atom. The third-order valence-electron chi connectivity index (χ3n) is 3.56. The monoisotopic (exact) mass is 294 g/mol. The summed E-state index contributed by atoms with van der Waals surface area (Å²) in [4.78, 5) is 18.5. The van der Waals surface area contributed by atoms with E-state index in [1.54, 1.807) is 0 Å². The number of hydrogen-bond donors (Lipinski definition) is 0. The second-order valence-corrected chi connectivity index (χ2v) is 5.14. The van der Waals surface area contributed by atoms with Gasteiger partial charge in [-0.15, -0.1) is 0 Å². The van der Waals surface area contributed by atoms with Crippen LogP contribution in [0.1, 0.15) is 41.2 Å². The molecule has 0 bridgehead atoms. The molecular weight excluding hydrogens is 272 g/mol. The molecule has 0 aliphatic heterocycles. The lowest BCUT2D eigenvalue weighted by Gasteiger charge is -2.18. The van der Waals surface area contributed by atoms with E-state index in [1.165, 1.54) is 0 Å². The molecule has 0 fully saturated rings. The molecule has 22 heavy (non-hydrogen) atoms. The molecule has 3 nitrogen and oxygen atoms in total. The van der Waals surface area contributed by atoms with Crippen LogP contribution in [0.2, 0.25) is 0 Å². The minimum atomic E-state index is 0.0841. The van der Waals surface area contributed by atoms with Gasteiger partial charge in [0.2, 0.25) is 0 Å². The Bertz CT molecular complexity index is 655. The molecule has 0 unspecified atom stereocenters. The fourth-order valence-corrected chi connectivity index (χ4v) is 2.27. The molecule has 1 aromatic carbocycles. The molecule has 0 spiro atoms. The highest BCUT2D eigenvalue weighted by atomic mass is 16.2. The topological polar surface area (TPSA) is 33.2 Å². The summed E-state index contributed by atoms with van der Waals surface area (Å²) < 4.78 is 0. The Hall–Kier alpha value is -2.42. The van der Waals surface area contributed by atoms with E-state index in [2.05, 4.69) is 4.98 Å². The van der Waals surface area contributed by atoms with Gasteiger partial charge >= 0.3 is 0 Å². The second-order valence-electron chi connectivity index (χ2n) is 5.14. The summed E-state index contributed by atoms with van der Waals surface area (Å²) in [6.07, 6.45) is 3.99. The number of carbonyl (C=O) groups is 1. The first-order chi connectivity index (χ1) is 10.6. The van der Waals surface area contributed by atoms with Gasteiger partial charge in [0, 0.05) is 24.3 Å². The highest BCUT2D eigenvalue weighted by Crippen LogP contribution is 2.11. The van der Waals surface area contributed by atoms with E-state index in [1.807, 2.05) is 80.3 Å². The first-order valence-corrected chi connectivity index (χ1v) is 7.65. The first kappa shape index (κ1) is 16.0. The zero-order chi connectivity index (χ0) is 15.9. The van der Waals surface area contributed by atoms with Crippen molar-refractivity contribution in [1.29, 1.82) is 0 Å². The van der Waals surface area contributed by atoms with Crippen molar-refractivity contribution in [3.8, 4) is 0 Å². The lowest BCUT2D eigenvalue weighted by molar-refractivity contribution is 0.0773. The highest BCUT2D eigenvalue weighted by molar-refractivity contribution is 5.94. The van der Waals surface area contributed by atoms with Gasteiger partial charge in [0.1, 0.15) is 0 Å². The van der Waals surface area contributed by atoms with Gasteiger partial charge in [0.25, 0.3) is 5.91 Å². The molecular formula is C19H22N2O. The number of aromatic nitrogens is 1. The third kappa shape index (κ3) is 4.04. The zero-order valence-electron chi connectivity index (χ0n) is 13.4. The predicted molar refractivity (Wildman–Crippen MR) is 91.6 cm³/mol. The van der Waals surface area contributed by atoms with Gasteiger partial charge in [-0.05, 0) is 56.7 Å². The average molecular weight is 294 g/mol. The van der Waals surface area contributed by atoms with E-state index in [0.717, 1.165) is 35.6 Å². The van der Waals surface area contributed by atoms with E-state index >= 15 is 0 Å². The Labute approximate surface area is 132 Å². The SMILES string of the molecule is CCN(CC)C(=O)c1ccc(C=Cc2cccc(C)n2)cc1. The number of pyridine rings is 1. The van der Waals surface area contributed by atoms with Crippen molar-refractivity contribution in [2.24, 2.45) is 0 Å². The van der Waals surface area contributed by atoms with Gasteiger partial charge in [0.15, 0.2) is 0 Å². The number of aryl methyl sites for hydroxylation is 1. The molecule has 0 saturated heterocycles. The second kappa shape index (κ2) is 7.55. The van der Waals surface area contributed by atoms with Crippen LogP contribution in [-0.2, 0) is 0 Å². The lowest BCUT2D eigenvalue weighted by Crippen LogP contribution is -2.30. The van der Waals surface area contributed by atoms with Gasteiger partial charge in [-0.25, -0.2) is 0 Å². The molecule has 0 atom stereocenters. The van der Waals surface area contributed by atoms with E-state index in [0.29, 0.717) is 0 Å². The van der Waals surface area contributed by atoms with Crippen LogP contribution >= 0.6 is 0 Å². The smallest absolute Gasteiger partial charge is 0.253 e. The number of hydrogen-bond acceptors (Lipinski definition) is 2. The molecule has 3 heteroatoms. The van der Waals surface area contributed by atoms with Crippen LogP contribution in [0.25, 0.3) is 12.2 Å². The molecule has 2 rings (SSSR count). The number of rotatable bonds is 5. The van der Waals surface area contributed by atoms with E-state index < -0.39 is 0 Å². The quantitative estimate of drug-likeness (QED) is 0.833. The number of carbonyl (C=O) groups excluding carboxylic acids is 1. The maximum absolute atomic E-state index is 12.2. The fourth-order valence-electron chi connectivity index (χ4n) is 2.27.